The van der Waals surface area contributed by atoms with Gasteiger partial charge in [0, 0.05) is 18.8 Å². The Bertz CT molecular complexity index is 763. The molecular weight excluding hydrogens is 320 g/mol. The number of carbonyl (C=O) groups excluding carboxylic acids is 2. The summed E-state index contributed by atoms with van der Waals surface area (Å²) in [6.07, 6.45) is -0.795. The quantitative estimate of drug-likeness (QED) is 0.927. The van der Waals surface area contributed by atoms with Crippen molar-refractivity contribution in [2.75, 3.05) is 26.1 Å². The molecule has 2 aromatic rings. The van der Waals surface area contributed by atoms with Gasteiger partial charge in [-0.15, -0.1) is 0 Å². The fraction of sp³-hybridized carbons (Fsp3) is 0.263. The molecular formula is C19H20N2O4. The number of anilines is 1. The van der Waals surface area contributed by atoms with Gasteiger partial charge in [0.05, 0.1) is 13.2 Å². The molecule has 2 aromatic carbocycles. The number of hydrogen-bond donors (Lipinski definition) is 1. The summed E-state index contributed by atoms with van der Waals surface area (Å²) >= 11 is 0. The van der Waals surface area contributed by atoms with Crippen molar-refractivity contribution < 1.29 is 19.1 Å². The predicted molar refractivity (Wildman–Crippen MR) is 93.3 cm³/mol. The van der Waals surface area contributed by atoms with Gasteiger partial charge in [0.1, 0.15) is 12.4 Å². The highest BCUT2D eigenvalue weighted by atomic mass is 16.5. The van der Waals surface area contributed by atoms with Crippen LogP contribution in [0.5, 0.6) is 5.75 Å². The van der Waals surface area contributed by atoms with Crippen molar-refractivity contribution in [3.63, 3.8) is 0 Å². The van der Waals surface area contributed by atoms with Crippen molar-refractivity contribution in [1.82, 2.24) is 4.90 Å². The van der Waals surface area contributed by atoms with E-state index in [9.17, 15) is 9.59 Å². The Balaban J connectivity index is 1.84. The summed E-state index contributed by atoms with van der Waals surface area (Å²) in [7, 11) is 3.26. The van der Waals surface area contributed by atoms with Gasteiger partial charge in [-0.25, -0.2) is 0 Å². The summed E-state index contributed by atoms with van der Waals surface area (Å²) < 4.78 is 10.8. The lowest BCUT2D eigenvalue weighted by Gasteiger charge is -2.38. The molecule has 0 radical (unpaired) electrons. The van der Waals surface area contributed by atoms with E-state index in [1.54, 1.807) is 43.3 Å². The summed E-state index contributed by atoms with van der Waals surface area (Å²) in [5.74, 6) is 0.190. The first kappa shape index (κ1) is 17.0. The van der Waals surface area contributed by atoms with E-state index in [0.717, 1.165) is 5.56 Å². The average Bonchev–Trinajstić information content (AvgIpc) is 2.64. The van der Waals surface area contributed by atoms with Crippen LogP contribution in [0, 0.1) is 0 Å². The lowest BCUT2D eigenvalue weighted by Crippen LogP contribution is -2.51. The van der Waals surface area contributed by atoms with E-state index in [1.165, 1.54) is 0 Å². The van der Waals surface area contributed by atoms with Gasteiger partial charge < -0.3 is 19.7 Å². The van der Waals surface area contributed by atoms with Crippen LogP contribution < -0.4 is 10.1 Å². The van der Waals surface area contributed by atoms with Crippen molar-refractivity contribution in [3.8, 4) is 5.75 Å². The Morgan fingerprint density at radius 2 is 1.96 bits per heavy atom. The summed E-state index contributed by atoms with van der Waals surface area (Å²) in [5.41, 5.74) is 1.46. The van der Waals surface area contributed by atoms with Gasteiger partial charge in [-0.2, -0.15) is 0 Å². The smallest absolute Gasteiger partial charge is 0.256 e. The van der Waals surface area contributed by atoms with Gasteiger partial charge in [-0.05, 0) is 17.7 Å². The Kier molecular flexibility index (Phi) is 5.00. The monoisotopic (exact) mass is 340 g/mol. The molecule has 1 N–H and O–H groups in total. The second kappa shape index (κ2) is 7.36. The van der Waals surface area contributed by atoms with Crippen molar-refractivity contribution in [3.05, 3.63) is 60.2 Å². The van der Waals surface area contributed by atoms with Crippen molar-refractivity contribution in [2.24, 2.45) is 0 Å². The van der Waals surface area contributed by atoms with Crippen LogP contribution in [0.15, 0.2) is 54.6 Å². The Morgan fingerprint density at radius 1 is 1.20 bits per heavy atom. The summed E-state index contributed by atoms with van der Waals surface area (Å²) in [4.78, 5) is 26.4. The summed E-state index contributed by atoms with van der Waals surface area (Å²) in [5, 5.41) is 2.84. The molecule has 25 heavy (non-hydrogen) atoms. The number of amides is 2. The van der Waals surface area contributed by atoms with Crippen LogP contribution in [0.25, 0.3) is 0 Å². The molecule has 1 aliphatic rings. The van der Waals surface area contributed by atoms with Gasteiger partial charge >= 0.3 is 0 Å². The third-order valence-corrected chi connectivity index (χ3v) is 4.22. The standard InChI is InChI=1S/C19H20N2O4/c1-21-16(22)12-25-18(17(21)13-7-4-3-5-8-13)19(23)20-14-9-6-10-15(11-14)24-2/h3-11,17-18H,12H2,1-2H3,(H,20,23)/t17-,18-/m1/s1. The largest absolute Gasteiger partial charge is 0.497 e. The molecule has 6 heteroatoms. The number of ether oxygens (including phenoxy) is 2. The highest BCUT2D eigenvalue weighted by Crippen LogP contribution is 2.30. The Hall–Kier alpha value is -2.86. The van der Waals surface area contributed by atoms with E-state index in [4.69, 9.17) is 9.47 Å². The normalized spacial score (nSPS) is 20.2. The summed E-state index contributed by atoms with van der Waals surface area (Å²) in [6, 6.07) is 16.0. The van der Waals surface area contributed by atoms with Gasteiger partial charge in [0.2, 0.25) is 5.91 Å². The highest BCUT2D eigenvalue weighted by molar-refractivity contribution is 5.96. The molecule has 0 aliphatic carbocycles. The Morgan fingerprint density at radius 3 is 2.68 bits per heavy atom. The van der Waals surface area contributed by atoms with Gasteiger partial charge in [0.25, 0.3) is 5.91 Å². The molecule has 130 valence electrons. The van der Waals surface area contributed by atoms with Crippen molar-refractivity contribution >= 4 is 17.5 Å². The van der Waals surface area contributed by atoms with Crippen LogP contribution in [0.2, 0.25) is 0 Å². The molecule has 0 saturated carbocycles. The minimum absolute atomic E-state index is 0.115. The van der Waals surface area contributed by atoms with E-state index in [0.29, 0.717) is 11.4 Å². The number of carbonyl (C=O) groups is 2. The number of nitrogens with zero attached hydrogens (tertiary/aromatic N) is 1. The van der Waals surface area contributed by atoms with E-state index in [2.05, 4.69) is 5.32 Å². The minimum Gasteiger partial charge on any atom is -0.497 e. The number of hydrogen-bond acceptors (Lipinski definition) is 4. The minimum atomic E-state index is -0.795. The molecule has 0 bridgehead atoms. The lowest BCUT2D eigenvalue weighted by molar-refractivity contribution is -0.160. The molecule has 3 rings (SSSR count). The zero-order chi connectivity index (χ0) is 17.8. The molecule has 2 amide bonds. The molecule has 1 heterocycles. The zero-order valence-electron chi connectivity index (χ0n) is 14.1. The molecule has 0 aromatic heterocycles. The number of benzene rings is 2. The number of methoxy groups -OCH3 is 1. The molecule has 2 atom stereocenters. The zero-order valence-corrected chi connectivity index (χ0v) is 14.1. The second-order valence-electron chi connectivity index (χ2n) is 5.81. The van der Waals surface area contributed by atoms with Crippen molar-refractivity contribution in [2.45, 2.75) is 12.1 Å². The molecule has 1 fully saturated rings. The topological polar surface area (TPSA) is 67.9 Å². The van der Waals surface area contributed by atoms with E-state index in [1.807, 2.05) is 30.3 Å². The molecule has 0 spiro atoms. The fourth-order valence-electron chi connectivity index (χ4n) is 2.89. The fourth-order valence-corrected chi connectivity index (χ4v) is 2.89. The van der Waals surface area contributed by atoms with Crippen LogP contribution >= 0.6 is 0 Å². The van der Waals surface area contributed by atoms with E-state index < -0.39 is 12.1 Å². The maximum Gasteiger partial charge on any atom is 0.256 e. The molecule has 1 aliphatic heterocycles. The van der Waals surface area contributed by atoms with Gasteiger partial charge in [0.15, 0.2) is 6.10 Å². The van der Waals surface area contributed by atoms with E-state index in [-0.39, 0.29) is 18.4 Å². The highest BCUT2D eigenvalue weighted by Gasteiger charge is 2.40. The van der Waals surface area contributed by atoms with Gasteiger partial charge in [-0.3, -0.25) is 9.59 Å². The number of nitrogens with one attached hydrogen (secondary N) is 1. The maximum absolute atomic E-state index is 12.8. The third-order valence-electron chi connectivity index (χ3n) is 4.22. The SMILES string of the molecule is COc1cccc(NC(=O)[C@@H]2OCC(=O)N(C)[C@@H]2c2ccccc2)c1. The van der Waals surface area contributed by atoms with Crippen LogP contribution in [0.4, 0.5) is 5.69 Å². The molecule has 6 nitrogen and oxygen atoms in total. The molecule has 1 saturated heterocycles. The van der Waals surface area contributed by atoms with Gasteiger partial charge in [-0.1, -0.05) is 36.4 Å². The average molecular weight is 340 g/mol. The van der Waals surface area contributed by atoms with Crippen LogP contribution in [-0.4, -0.2) is 43.6 Å². The van der Waals surface area contributed by atoms with Crippen LogP contribution in [0.1, 0.15) is 11.6 Å². The maximum atomic E-state index is 12.8. The number of rotatable bonds is 4. The van der Waals surface area contributed by atoms with E-state index >= 15 is 0 Å². The number of likely N-dealkylation sites (N-methyl/N-ethyl adjacent to an activating group) is 1. The summed E-state index contributed by atoms with van der Waals surface area (Å²) in [6.45, 7) is -0.115. The first-order chi connectivity index (χ1) is 12.1. The molecule has 0 unspecified atom stereocenters. The lowest BCUT2D eigenvalue weighted by atomic mass is 9.97. The first-order valence-corrected chi connectivity index (χ1v) is 7.97. The number of morpholine rings is 1. The second-order valence-corrected chi connectivity index (χ2v) is 5.81. The van der Waals surface area contributed by atoms with Crippen LogP contribution in [0.3, 0.4) is 0 Å². The predicted octanol–water partition coefficient (Wildman–Crippen LogP) is 2.23. The Labute approximate surface area is 146 Å². The first-order valence-electron chi connectivity index (χ1n) is 7.97. The third kappa shape index (κ3) is 3.64. The van der Waals surface area contributed by atoms with Crippen molar-refractivity contribution in [1.29, 1.82) is 0 Å². The van der Waals surface area contributed by atoms with Crippen LogP contribution in [-0.2, 0) is 14.3 Å².